The summed E-state index contributed by atoms with van der Waals surface area (Å²) in [5.74, 6) is 1.42. The maximum Gasteiger partial charge on any atom is 0.179 e. The van der Waals surface area contributed by atoms with Gasteiger partial charge in [0.05, 0.1) is 30.9 Å². The molecule has 1 unspecified atom stereocenters. The topological polar surface area (TPSA) is 57.0 Å². The largest absolute Gasteiger partial charge is 0.489 e. The molecular weight excluding hydrogens is 292 g/mol. The molecule has 3 rings (SSSR count). The molecule has 1 fully saturated rings. The average molecular weight is 313 g/mol. The molecule has 6 heteroatoms. The van der Waals surface area contributed by atoms with Crippen LogP contribution >= 0.6 is 11.6 Å². The summed E-state index contributed by atoms with van der Waals surface area (Å²) in [5.41, 5.74) is 6.81. The molecule has 2 aliphatic rings. The van der Waals surface area contributed by atoms with E-state index in [0.717, 1.165) is 44.0 Å². The van der Waals surface area contributed by atoms with Crippen molar-refractivity contribution in [3.63, 3.8) is 0 Å². The molecule has 2 aliphatic heterocycles. The number of nitrogens with two attached hydrogens (primary N) is 1. The first kappa shape index (κ1) is 14.9. The highest BCUT2D eigenvalue weighted by atomic mass is 35.5. The second kappa shape index (κ2) is 6.83. The van der Waals surface area contributed by atoms with E-state index in [2.05, 4.69) is 4.90 Å². The minimum Gasteiger partial charge on any atom is -0.489 e. The van der Waals surface area contributed by atoms with Gasteiger partial charge in [-0.25, -0.2) is 0 Å². The van der Waals surface area contributed by atoms with Crippen molar-refractivity contribution in [2.45, 2.75) is 19.1 Å². The number of hydrogen-bond donors (Lipinski definition) is 1. The van der Waals surface area contributed by atoms with E-state index in [1.807, 2.05) is 12.1 Å². The summed E-state index contributed by atoms with van der Waals surface area (Å²) in [6, 6.07) is 3.99. The van der Waals surface area contributed by atoms with Crippen LogP contribution < -0.4 is 15.2 Å². The third kappa shape index (κ3) is 3.61. The highest BCUT2D eigenvalue weighted by Crippen LogP contribution is 2.38. The molecule has 0 aliphatic carbocycles. The van der Waals surface area contributed by atoms with Crippen molar-refractivity contribution < 1.29 is 14.2 Å². The fourth-order valence-electron chi connectivity index (χ4n) is 2.70. The van der Waals surface area contributed by atoms with Gasteiger partial charge in [-0.1, -0.05) is 11.6 Å². The summed E-state index contributed by atoms with van der Waals surface area (Å²) < 4.78 is 17.0. The summed E-state index contributed by atoms with van der Waals surface area (Å²) in [7, 11) is 0. The van der Waals surface area contributed by atoms with E-state index in [1.165, 1.54) is 0 Å². The van der Waals surface area contributed by atoms with Crippen LogP contribution in [-0.4, -0.2) is 50.5 Å². The zero-order chi connectivity index (χ0) is 14.7. The van der Waals surface area contributed by atoms with Crippen LogP contribution in [0, 0.1) is 0 Å². The molecule has 1 aromatic rings. The van der Waals surface area contributed by atoms with E-state index in [1.54, 1.807) is 0 Å². The van der Waals surface area contributed by atoms with Crippen molar-refractivity contribution >= 4 is 11.6 Å². The first-order valence-corrected chi connectivity index (χ1v) is 7.76. The smallest absolute Gasteiger partial charge is 0.179 e. The maximum absolute atomic E-state index is 6.33. The van der Waals surface area contributed by atoms with Crippen molar-refractivity contribution in [1.29, 1.82) is 0 Å². The van der Waals surface area contributed by atoms with E-state index in [4.69, 9.17) is 31.5 Å². The van der Waals surface area contributed by atoms with E-state index in [9.17, 15) is 0 Å². The normalized spacial score (nSPS) is 22.9. The molecule has 0 spiro atoms. The maximum atomic E-state index is 6.33. The Morgan fingerprint density at radius 3 is 2.95 bits per heavy atom. The molecule has 5 nitrogen and oxygen atoms in total. The monoisotopic (exact) mass is 312 g/mol. The van der Waals surface area contributed by atoms with Crippen LogP contribution in [0.4, 0.5) is 0 Å². The molecule has 0 saturated carbocycles. The molecule has 0 amide bonds. The van der Waals surface area contributed by atoms with Gasteiger partial charge in [-0.15, -0.1) is 0 Å². The number of morpholine rings is 1. The summed E-state index contributed by atoms with van der Waals surface area (Å²) in [6.07, 6.45) is 0.997. The van der Waals surface area contributed by atoms with Crippen LogP contribution in [0.5, 0.6) is 11.5 Å². The first-order valence-electron chi connectivity index (χ1n) is 7.38. The van der Waals surface area contributed by atoms with E-state index < -0.39 is 0 Å². The van der Waals surface area contributed by atoms with Gasteiger partial charge in [0.1, 0.15) is 0 Å². The fraction of sp³-hybridized carbons (Fsp3) is 0.600. The molecular formula is C15H21ClN2O3. The Labute approximate surface area is 129 Å². The summed E-state index contributed by atoms with van der Waals surface area (Å²) >= 11 is 6.33. The Kier molecular flexibility index (Phi) is 4.85. The number of fused-ring (bicyclic) bond motifs is 1. The molecule has 21 heavy (non-hydrogen) atoms. The number of ether oxygens (including phenoxy) is 3. The summed E-state index contributed by atoms with van der Waals surface area (Å²) in [4.78, 5) is 2.33. The molecule has 0 aromatic heterocycles. The van der Waals surface area contributed by atoms with Crippen molar-refractivity contribution in [2.75, 3.05) is 39.5 Å². The van der Waals surface area contributed by atoms with Gasteiger partial charge in [0.25, 0.3) is 0 Å². The van der Waals surface area contributed by atoms with Gasteiger partial charge in [0, 0.05) is 32.6 Å². The minimum atomic E-state index is 0.120. The number of halogens is 1. The van der Waals surface area contributed by atoms with Crippen LogP contribution in [-0.2, 0) is 11.3 Å². The Balaban J connectivity index is 1.73. The quantitative estimate of drug-likeness (QED) is 0.920. The highest BCUT2D eigenvalue weighted by Gasteiger charge is 2.21. The minimum absolute atomic E-state index is 0.120. The number of rotatable bonds is 3. The number of benzene rings is 1. The van der Waals surface area contributed by atoms with Gasteiger partial charge >= 0.3 is 0 Å². The lowest BCUT2D eigenvalue weighted by Gasteiger charge is -2.32. The predicted molar refractivity (Wildman–Crippen MR) is 81.1 cm³/mol. The van der Waals surface area contributed by atoms with Crippen LogP contribution in [0.25, 0.3) is 0 Å². The van der Waals surface area contributed by atoms with Crippen LogP contribution in [0.1, 0.15) is 12.0 Å². The van der Waals surface area contributed by atoms with E-state index in [-0.39, 0.29) is 6.10 Å². The molecule has 116 valence electrons. The van der Waals surface area contributed by atoms with E-state index in [0.29, 0.717) is 30.5 Å². The van der Waals surface area contributed by atoms with Crippen molar-refractivity contribution in [2.24, 2.45) is 5.73 Å². The van der Waals surface area contributed by atoms with Gasteiger partial charge in [-0.3, -0.25) is 4.90 Å². The molecule has 0 radical (unpaired) electrons. The van der Waals surface area contributed by atoms with Gasteiger partial charge in [-0.2, -0.15) is 0 Å². The van der Waals surface area contributed by atoms with Gasteiger partial charge in [-0.05, 0) is 17.7 Å². The molecule has 0 bridgehead atoms. The molecule has 2 heterocycles. The average Bonchev–Trinajstić information content (AvgIpc) is 2.73. The lowest BCUT2D eigenvalue weighted by molar-refractivity contribution is -0.0260. The lowest BCUT2D eigenvalue weighted by Crippen LogP contribution is -2.45. The van der Waals surface area contributed by atoms with Crippen LogP contribution in [0.3, 0.4) is 0 Å². The summed E-state index contributed by atoms with van der Waals surface area (Å²) in [6.45, 7) is 5.16. The fourth-order valence-corrected chi connectivity index (χ4v) is 2.99. The van der Waals surface area contributed by atoms with Gasteiger partial charge in [0.15, 0.2) is 11.5 Å². The Morgan fingerprint density at radius 2 is 2.10 bits per heavy atom. The third-order valence-corrected chi connectivity index (χ3v) is 4.03. The van der Waals surface area contributed by atoms with E-state index >= 15 is 0 Å². The zero-order valence-electron chi connectivity index (χ0n) is 12.0. The summed E-state index contributed by atoms with van der Waals surface area (Å²) in [5, 5.41) is 0.619. The zero-order valence-corrected chi connectivity index (χ0v) is 12.8. The Bertz CT molecular complexity index is 498. The molecule has 1 atom stereocenters. The first-order chi connectivity index (χ1) is 10.3. The predicted octanol–water partition coefficient (Wildman–Crippen LogP) is 1.66. The lowest BCUT2D eigenvalue weighted by atomic mass is 10.1. The number of nitrogens with zero attached hydrogens (tertiary/aromatic N) is 1. The third-order valence-electron chi connectivity index (χ3n) is 3.75. The van der Waals surface area contributed by atoms with Crippen LogP contribution in [0.2, 0.25) is 5.02 Å². The van der Waals surface area contributed by atoms with Crippen molar-refractivity contribution in [3.05, 3.63) is 22.7 Å². The molecule has 1 aromatic carbocycles. The van der Waals surface area contributed by atoms with Gasteiger partial charge in [0.2, 0.25) is 0 Å². The highest BCUT2D eigenvalue weighted by molar-refractivity contribution is 6.32. The Hall–Kier alpha value is -1.01. The van der Waals surface area contributed by atoms with Crippen molar-refractivity contribution in [1.82, 2.24) is 4.90 Å². The molecule has 2 N–H and O–H groups in total. The second-order valence-corrected chi connectivity index (χ2v) is 5.83. The SMILES string of the molecule is NCC1CN(Cc2cc(Cl)c3c(c2)OCCCO3)CCO1. The Morgan fingerprint density at radius 1 is 1.24 bits per heavy atom. The second-order valence-electron chi connectivity index (χ2n) is 5.42. The van der Waals surface area contributed by atoms with Gasteiger partial charge < -0.3 is 19.9 Å². The van der Waals surface area contributed by atoms with Crippen LogP contribution in [0.15, 0.2) is 12.1 Å². The standard InChI is InChI=1S/C15H21ClN2O3/c16-13-6-11(7-14-15(13)21-4-1-3-20-14)9-18-2-5-19-12(8-17)10-18/h6-7,12H,1-5,8-10,17H2. The van der Waals surface area contributed by atoms with Crippen molar-refractivity contribution in [3.8, 4) is 11.5 Å². The number of hydrogen-bond acceptors (Lipinski definition) is 5. The molecule has 1 saturated heterocycles.